The zero-order valence-electron chi connectivity index (χ0n) is 20.7. The van der Waals surface area contributed by atoms with Gasteiger partial charge in [-0.25, -0.2) is 4.98 Å². The van der Waals surface area contributed by atoms with E-state index in [2.05, 4.69) is 93.6 Å². The number of aromatic nitrogens is 2. The minimum atomic E-state index is 0.0888. The normalized spacial score (nSPS) is 12.3. The molecular formula is C34H26N2. The molecular weight excluding hydrogens is 436 g/mol. The minimum Gasteiger partial charge on any atom is -0.252 e. The molecule has 0 fully saturated rings. The minimum absolute atomic E-state index is 0.0888. The number of benzene rings is 6. The molecule has 2 nitrogen and oxygen atoms in total. The molecule has 0 aliphatic carbocycles. The summed E-state index contributed by atoms with van der Waals surface area (Å²) in [7, 11) is 0. The van der Waals surface area contributed by atoms with Crippen LogP contribution >= 0.6 is 0 Å². The Hall–Kier alpha value is -4.30. The van der Waals surface area contributed by atoms with E-state index in [1.165, 1.54) is 49.0 Å². The quantitative estimate of drug-likeness (QED) is 0.239. The molecule has 0 saturated carbocycles. The lowest BCUT2D eigenvalue weighted by molar-refractivity contribution is 0.591. The topological polar surface area (TPSA) is 25.8 Å². The SMILES string of the molecule is CC(C)(C)c1cc2ccc3c(-c4ccccc4)cc(-c4cnc5ccccc5n4)c4ccc(c1)c2c34. The lowest BCUT2D eigenvalue weighted by Crippen LogP contribution is -2.10. The van der Waals surface area contributed by atoms with Crippen LogP contribution in [0.15, 0.2) is 103 Å². The first-order chi connectivity index (χ1) is 17.5. The van der Waals surface area contributed by atoms with Crippen molar-refractivity contribution in [1.29, 1.82) is 0 Å². The lowest BCUT2D eigenvalue weighted by Gasteiger charge is -2.22. The molecule has 2 heteroatoms. The number of rotatable bonds is 2. The molecule has 0 unspecified atom stereocenters. The van der Waals surface area contributed by atoms with Crippen LogP contribution in [0.25, 0.3) is 65.7 Å². The van der Waals surface area contributed by atoms with E-state index in [0.717, 1.165) is 22.3 Å². The molecule has 0 saturated heterocycles. The maximum absolute atomic E-state index is 5.05. The monoisotopic (exact) mass is 462 g/mol. The Labute approximate surface area is 210 Å². The van der Waals surface area contributed by atoms with E-state index >= 15 is 0 Å². The Kier molecular flexibility index (Phi) is 4.44. The van der Waals surface area contributed by atoms with Gasteiger partial charge in [-0.1, -0.05) is 99.6 Å². The fourth-order valence-corrected chi connectivity index (χ4v) is 5.50. The smallest absolute Gasteiger partial charge is 0.0899 e. The van der Waals surface area contributed by atoms with Crippen molar-refractivity contribution in [3.05, 3.63) is 109 Å². The first-order valence-electron chi connectivity index (χ1n) is 12.5. The third kappa shape index (κ3) is 3.18. The van der Waals surface area contributed by atoms with Gasteiger partial charge in [0.1, 0.15) is 0 Å². The maximum Gasteiger partial charge on any atom is 0.0899 e. The van der Waals surface area contributed by atoms with Crippen molar-refractivity contribution in [2.24, 2.45) is 0 Å². The molecule has 0 aliphatic heterocycles. The Bertz CT molecular complexity index is 1890. The molecule has 0 bridgehead atoms. The van der Waals surface area contributed by atoms with Gasteiger partial charge in [0.15, 0.2) is 0 Å². The summed E-state index contributed by atoms with van der Waals surface area (Å²) in [5, 5.41) is 7.70. The van der Waals surface area contributed by atoms with Crippen molar-refractivity contribution < 1.29 is 0 Å². The van der Waals surface area contributed by atoms with Gasteiger partial charge in [0, 0.05) is 5.56 Å². The third-order valence-corrected chi connectivity index (χ3v) is 7.39. The molecule has 0 spiro atoms. The van der Waals surface area contributed by atoms with Crippen LogP contribution in [0, 0.1) is 0 Å². The summed E-state index contributed by atoms with van der Waals surface area (Å²) in [5.41, 5.74) is 7.73. The summed E-state index contributed by atoms with van der Waals surface area (Å²) in [4.78, 5) is 9.79. The van der Waals surface area contributed by atoms with Gasteiger partial charge >= 0.3 is 0 Å². The summed E-state index contributed by atoms with van der Waals surface area (Å²) in [6.45, 7) is 6.84. The van der Waals surface area contributed by atoms with Crippen LogP contribution in [0.4, 0.5) is 0 Å². The number of hydrogen-bond acceptors (Lipinski definition) is 2. The van der Waals surface area contributed by atoms with Gasteiger partial charge < -0.3 is 0 Å². The highest BCUT2D eigenvalue weighted by molar-refractivity contribution is 6.28. The second-order valence-electron chi connectivity index (χ2n) is 10.7. The van der Waals surface area contributed by atoms with Gasteiger partial charge in [0.2, 0.25) is 0 Å². The van der Waals surface area contributed by atoms with Gasteiger partial charge in [-0.15, -0.1) is 0 Å². The van der Waals surface area contributed by atoms with Crippen molar-refractivity contribution in [2.45, 2.75) is 26.2 Å². The predicted molar refractivity (Wildman–Crippen MR) is 153 cm³/mol. The average Bonchev–Trinajstić information content (AvgIpc) is 2.91. The summed E-state index contributed by atoms with van der Waals surface area (Å²) < 4.78 is 0. The highest BCUT2D eigenvalue weighted by Crippen LogP contribution is 2.44. The third-order valence-electron chi connectivity index (χ3n) is 7.39. The Morgan fingerprint density at radius 3 is 1.92 bits per heavy atom. The second kappa shape index (κ2) is 7.60. The molecule has 0 radical (unpaired) electrons. The summed E-state index contributed by atoms with van der Waals surface area (Å²) in [6.07, 6.45) is 1.92. The Balaban J connectivity index is 1.63. The van der Waals surface area contributed by atoms with Gasteiger partial charge in [-0.2, -0.15) is 0 Å². The summed E-state index contributed by atoms with van der Waals surface area (Å²) in [6, 6.07) is 34.9. The molecule has 7 rings (SSSR count). The molecule has 6 aromatic carbocycles. The van der Waals surface area contributed by atoms with Gasteiger partial charge in [-0.05, 0) is 72.6 Å². The molecule has 1 heterocycles. The molecule has 0 aliphatic rings. The van der Waals surface area contributed by atoms with E-state index < -0.39 is 0 Å². The van der Waals surface area contributed by atoms with E-state index in [1.54, 1.807) is 0 Å². The largest absolute Gasteiger partial charge is 0.252 e. The van der Waals surface area contributed by atoms with Crippen LogP contribution in [0.2, 0.25) is 0 Å². The van der Waals surface area contributed by atoms with E-state index in [4.69, 9.17) is 9.97 Å². The van der Waals surface area contributed by atoms with Crippen LogP contribution in [-0.2, 0) is 5.41 Å². The first-order valence-corrected chi connectivity index (χ1v) is 12.5. The fraction of sp³-hybridized carbons (Fsp3) is 0.118. The van der Waals surface area contributed by atoms with E-state index in [1.807, 2.05) is 30.5 Å². The second-order valence-corrected chi connectivity index (χ2v) is 10.7. The average molecular weight is 463 g/mol. The number of hydrogen-bond donors (Lipinski definition) is 0. The van der Waals surface area contributed by atoms with E-state index in [0.29, 0.717) is 0 Å². The van der Waals surface area contributed by atoms with Crippen LogP contribution in [-0.4, -0.2) is 9.97 Å². The molecule has 36 heavy (non-hydrogen) atoms. The van der Waals surface area contributed by atoms with Crippen molar-refractivity contribution in [1.82, 2.24) is 9.97 Å². The van der Waals surface area contributed by atoms with Crippen molar-refractivity contribution in [3.63, 3.8) is 0 Å². The van der Waals surface area contributed by atoms with Gasteiger partial charge in [0.05, 0.1) is 22.9 Å². The Morgan fingerprint density at radius 2 is 1.22 bits per heavy atom. The molecule has 0 N–H and O–H groups in total. The predicted octanol–water partition coefficient (Wildman–Crippen LogP) is 9.16. The van der Waals surface area contributed by atoms with Gasteiger partial charge in [0.25, 0.3) is 0 Å². The Morgan fingerprint density at radius 1 is 0.583 bits per heavy atom. The summed E-state index contributed by atoms with van der Waals surface area (Å²) >= 11 is 0. The first kappa shape index (κ1) is 21.0. The molecule has 0 amide bonds. The van der Waals surface area contributed by atoms with Gasteiger partial charge in [-0.3, -0.25) is 4.98 Å². The van der Waals surface area contributed by atoms with Crippen LogP contribution < -0.4 is 0 Å². The van der Waals surface area contributed by atoms with E-state index in [-0.39, 0.29) is 5.41 Å². The molecule has 1 aromatic heterocycles. The van der Waals surface area contributed by atoms with Crippen LogP contribution in [0.3, 0.4) is 0 Å². The molecule has 7 aromatic rings. The van der Waals surface area contributed by atoms with E-state index in [9.17, 15) is 0 Å². The fourth-order valence-electron chi connectivity index (χ4n) is 5.50. The standard InChI is InChI=1S/C34H26N2/c1-34(2,3)24-17-22-13-15-25-27(21-9-5-4-6-10-21)19-28(26-16-14-23(18-24)32(22)33(25)26)31-20-35-29-11-7-8-12-30(29)36-31/h4-20H,1-3H3. The molecule has 0 atom stereocenters. The lowest BCUT2D eigenvalue weighted by atomic mass is 9.82. The zero-order chi connectivity index (χ0) is 24.4. The number of para-hydroxylation sites is 2. The number of fused-ring (bicyclic) bond motifs is 1. The number of nitrogens with zero attached hydrogens (tertiary/aromatic N) is 2. The maximum atomic E-state index is 5.05. The van der Waals surface area contributed by atoms with Crippen LogP contribution in [0.1, 0.15) is 26.3 Å². The highest BCUT2D eigenvalue weighted by Gasteiger charge is 2.20. The highest BCUT2D eigenvalue weighted by atomic mass is 14.8. The zero-order valence-corrected chi connectivity index (χ0v) is 20.7. The van der Waals surface area contributed by atoms with Crippen molar-refractivity contribution >= 4 is 43.4 Å². The summed E-state index contributed by atoms with van der Waals surface area (Å²) in [5.74, 6) is 0. The van der Waals surface area contributed by atoms with Crippen molar-refractivity contribution in [3.8, 4) is 22.4 Å². The van der Waals surface area contributed by atoms with Crippen LogP contribution in [0.5, 0.6) is 0 Å². The molecule has 172 valence electrons. The van der Waals surface area contributed by atoms with Crippen molar-refractivity contribution in [2.75, 3.05) is 0 Å².